The zero-order chi connectivity index (χ0) is 28.6. The number of nitrogens with one attached hydrogen (secondary N) is 2. The molecule has 0 atom stereocenters. The number of methoxy groups -OCH3 is 6. The summed E-state index contributed by atoms with van der Waals surface area (Å²) in [6.07, 6.45) is 5.49. The van der Waals surface area contributed by atoms with Crippen LogP contribution < -0.4 is 39.3 Å². The average molecular weight is 545 g/mol. The average Bonchev–Trinajstić information content (AvgIpc) is 2.95. The van der Waals surface area contributed by atoms with E-state index in [0.717, 1.165) is 0 Å². The lowest BCUT2D eigenvalue weighted by Crippen LogP contribution is -2.18. The van der Waals surface area contributed by atoms with Gasteiger partial charge in [-0.05, 0) is 37.1 Å². The number of hydrazone groups is 2. The van der Waals surface area contributed by atoms with Crippen molar-refractivity contribution >= 4 is 24.2 Å². The van der Waals surface area contributed by atoms with Gasteiger partial charge in [0.05, 0.1) is 55.1 Å². The van der Waals surface area contributed by atoms with Crippen LogP contribution in [0, 0.1) is 0 Å². The molecule has 0 aliphatic carbocycles. The zero-order valence-electron chi connectivity index (χ0n) is 23.2. The normalized spacial score (nSPS) is 10.8. The fraction of sp³-hybridized carbons (Fsp3) is 0.407. The monoisotopic (exact) mass is 544 g/mol. The number of rotatable bonds is 16. The van der Waals surface area contributed by atoms with Gasteiger partial charge in [-0.3, -0.25) is 9.59 Å². The Labute approximate surface area is 228 Å². The first kappa shape index (κ1) is 30.7. The van der Waals surface area contributed by atoms with Crippen LogP contribution in [0.4, 0.5) is 0 Å². The summed E-state index contributed by atoms with van der Waals surface area (Å²) in [5, 5.41) is 7.97. The van der Waals surface area contributed by atoms with Gasteiger partial charge in [-0.1, -0.05) is 6.42 Å². The molecule has 2 rings (SSSR count). The zero-order valence-corrected chi connectivity index (χ0v) is 23.2. The van der Waals surface area contributed by atoms with Crippen molar-refractivity contribution in [1.82, 2.24) is 10.9 Å². The van der Waals surface area contributed by atoms with E-state index in [-0.39, 0.29) is 24.7 Å². The molecule has 0 aliphatic heterocycles. The number of carbonyl (C=O) groups is 2. The SMILES string of the molecule is COc1cc(/C=N/NC(=O)CCCCCC(=O)N/N=C/c2cc(OC)c(OC)c(OC)c2)cc(OC)c1OC. The largest absolute Gasteiger partial charge is 0.493 e. The highest BCUT2D eigenvalue weighted by molar-refractivity contribution is 5.85. The van der Waals surface area contributed by atoms with Crippen molar-refractivity contribution in [3.8, 4) is 34.5 Å². The standard InChI is InChI=1S/C27H36N4O8/c1-34-20-12-18(13-21(35-2)26(20)38-5)16-28-30-24(32)10-8-7-9-11-25(33)31-29-17-19-14-22(36-3)27(39-6)23(15-19)37-4/h12-17H,7-11H2,1-6H3,(H,30,32)(H,31,33)/b28-16+,29-17+. The molecule has 2 amide bonds. The molecule has 12 nitrogen and oxygen atoms in total. The molecular formula is C27H36N4O8. The maximum atomic E-state index is 12.1. The quantitative estimate of drug-likeness (QED) is 0.187. The summed E-state index contributed by atoms with van der Waals surface area (Å²) in [5.41, 5.74) is 6.33. The summed E-state index contributed by atoms with van der Waals surface area (Å²) in [6, 6.07) is 6.88. The Balaban J connectivity index is 1.71. The number of benzene rings is 2. The third-order valence-corrected chi connectivity index (χ3v) is 5.49. The number of unbranched alkanes of at least 4 members (excludes halogenated alkanes) is 2. The molecule has 2 aromatic rings. The van der Waals surface area contributed by atoms with Gasteiger partial charge in [0.2, 0.25) is 23.3 Å². The minimum Gasteiger partial charge on any atom is -0.493 e. The summed E-state index contributed by atoms with van der Waals surface area (Å²) in [5.74, 6) is 2.44. The van der Waals surface area contributed by atoms with Crippen LogP contribution in [0.1, 0.15) is 43.2 Å². The molecule has 2 aromatic carbocycles. The highest BCUT2D eigenvalue weighted by atomic mass is 16.5. The first-order chi connectivity index (χ1) is 18.9. The van der Waals surface area contributed by atoms with Crippen LogP contribution in [0.3, 0.4) is 0 Å². The molecule has 0 fully saturated rings. The van der Waals surface area contributed by atoms with Gasteiger partial charge >= 0.3 is 0 Å². The molecule has 0 heterocycles. The minimum absolute atomic E-state index is 0.224. The van der Waals surface area contributed by atoms with Gasteiger partial charge < -0.3 is 28.4 Å². The van der Waals surface area contributed by atoms with Crippen LogP contribution in [0.25, 0.3) is 0 Å². The van der Waals surface area contributed by atoms with Crippen LogP contribution in [-0.2, 0) is 9.59 Å². The summed E-state index contributed by atoms with van der Waals surface area (Å²) in [4.78, 5) is 24.1. The van der Waals surface area contributed by atoms with E-state index in [1.165, 1.54) is 55.1 Å². The molecule has 0 saturated heterocycles. The van der Waals surface area contributed by atoms with Crippen LogP contribution in [0.2, 0.25) is 0 Å². The van der Waals surface area contributed by atoms with Crippen LogP contribution in [0.15, 0.2) is 34.5 Å². The highest BCUT2D eigenvalue weighted by Gasteiger charge is 2.13. The van der Waals surface area contributed by atoms with Gasteiger partial charge in [-0.2, -0.15) is 10.2 Å². The van der Waals surface area contributed by atoms with Gasteiger partial charge in [0, 0.05) is 24.0 Å². The van der Waals surface area contributed by atoms with Crippen LogP contribution in [0.5, 0.6) is 34.5 Å². The van der Waals surface area contributed by atoms with Crippen molar-refractivity contribution in [2.24, 2.45) is 10.2 Å². The van der Waals surface area contributed by atoms with Crippen molar-refractivity contribution in [3.05, 3.63) is 35.4 Å². The molecule has 0 spiro atoms. The number of hydrogen-bond acceptors (Lipinski definition) is 10. The first-order valence-corrected chi connectivity index (χ1v) is 12.1. The number of carbonyl (C=O) groups excluding carboxylic acids is 2. The second-order valence-electron chi connectivity index (χ2n) is 8.06. The van der Waals surface area contributed by atoms with E-state index in [1.54, 1.807) is 24.3 Å². The summed E-state index contributed by atoms with van der Waals surface area (Å²) in [7, 11) is 9.13. The fourth-order valence-corrected chi connectivity index (χ4v) is 3.57. The van der Waals surface area contributed by atoms with E-state index in [0.29, 0.717) is 64.9 Å². The number of nitrogens with zero attached hydrogens (tertiary/aromatic N) is 2. The Morgan fingerprint density at radius 1 is 0.590 bits per heavy atom. The number of ether oxygens (including phenoxy) is 6. The third-order valence-electron chi connectivity index (χ3n) is 5.49. The van der Waals surface area contributed by atoms with Crippen molar-refractivity contribution < 1.29 is 38.0 Å². The van der Waals surface area contributed by atoms with Crippen molar-refractivity contribution in [3.63, 3.8) is 0 Å². The molecule has 0 saturated carbocycles. The lowest BCUT2D eigenvalue weighted by atomic mass is 10.1. The van der Waals surface area contributed by atoms with Crippen molar-refractivity contribution in [1.29, 1.82) is 0 Å². The van der Waals surface area contributed by atoms with Crippen molar-refractivity contribution in [2.75, 3.05) is 42.7 Å². The van der Waals surface area contributed by atoms with Crippen molar-refractivity contribution in [2.45, 2.75) is 32.1 Å². The molecule has 12 heteroatoms. The molecular weight excluding hydrogens is 508 g/mol. The summed E-state index contributed by atoms with van der Waals surface area (Å²) >= 11 is 0. The van der Waals surface area contributed by atoms with Crippen LogP contribution >= 0.6 is 0 Å². The predicted molar refractivity (Wildman–Crippen MR) is 147 cm³/mol. The first-order valence-electron chi connectivity index (χ1n) is 12.1. The smallest absolute Gasteiger partial charge is 0.240 e. The van der Waals surface area contributed by atoms with E-state index < -0.39 is 0 Å². The van der Waals surface area contributed by atoms with Crippen LogP contribution in [-0.4, -0.2) is 66.9 Å². The second kappa shape index (κ2) is 16.4. The summed E-state index contributed by atoms with van der Waals surface area (Å²) in [6.45, 7) is 0. The Morgan fingerprint density at radius 2 is 0.923 bits per heavy atom. The molecule has 0 radical (unpaired) electrons. The molecule has 39 heavy (non-hydrogen) atoms. The Morgan fingerprint density at radius 3 is 1.21 bits per heavy atom. The van der Waals surface area contributed by atoms with Gasteiger partial charge in [-0.25, -0.2) is 10.9 Å². The molecule has 0 bridgehead atoms. The predicted octanol–water partition coefficient (Wildman–Crippen LogP) is 3.29. The lowest BCUT2D eigenvalue weighted by molar-refractivity contribution is -0.121. The highest BCUT2D eigenvalue weighted by Crippen LogP contribution is 2.38. The third kappa shape index (κ3) is 9.40. The maximum Gasteiger partial charge on any atom is 0.240 e. The molecule has 0 aromatic heterocycles. The van der Waals surface area contributed by atoms with E-state index in [2.05, 4.69) is 21.1 Å². The maximum absolute atomic E-state index is 12.1. The van der Waals surface area contributed by atoms with Gasteiger partial charge in [-0.15, -0.1) is 0 Å². The van der Waals surface area contributed by atoms with E-state index in [4.69, 9.17) is 28.4 Å². The lowest BCUT2D eigenvalue weighted by Gasteiger charge is -2.12. The Kier molecular flexibility index (Phi) is 12.9. The fourth-order valence-electron chi connectivity index (χ4n) is 3.57. The van der Waals surface area contributed by atoms with Gasteiger partial charge in [0.25, 0.3) is 0 Å². The van der Waals surface area contributed by atoms with E-state index in [1.807, 2.05) is 0 Å². The topological polar surface area (TPSA) is 138 Å². The Hall–Kier alpha value is -4.48. The number of amides is 2. The van der Waals surface area contributed by atoms with E-state index in [9.17, 15) is 9.59 Å². The minimum atomic E-state index is -0.224. The number of hydrogen-bond donors (Lipinski definition) is 2. The second-order valence-corrected chi connectivity index (χ2v) is 8.06. The molecule has 0 aliphatic rings. The Bertz CT molecular complexity index is 1030. The van der Waals surface area contributed by atoms with Gasteiger partial charge in [0.1, 0.15) is 0 Å². The molecule has 0 unspecified atom stereocenters. The summed E-state index contributed by atoms with van der Waals surface area (Å²) < 4.78 is 31.8. The van der Waals surface area contributed by atoms with Gasteiger partial charge in [0.15, 0.2) is 23.0 Å². The molecule has 2 N–H and O–H groups in total. The van der Waals surface area contributed by atoms with E-state index >= 15 is 0 Å². The molecule has 212 valence electrons.